The molecular weight excluding hydrogens is 544 g/mol. The fraction of sp³-hybridized carbons (Fsp3) is 0.308. The van der Waals surface area contributed by atoms with Gasteiger partial charge in [-0.25, -0.2) is 22.9 Å². The van der Waals surface area contributed by atoms with Crippen molar-refractivity contribution in [2.75, 3.05) is 13.1 Å². The van der Waals surface area contributed by atoms with Gasteiger partial charge in [0.05, 0.1) is 11.9 Å². The maximum absolute atomic E-state index is 14.5. The Labute approximate surface area is 221 Å². The number of hydrogen-bond donors (Lipinski definition) is 1. The standard InChI is InChI=1S/C26H21F6N5O3/c27-18-4-3-17(21(28)22(18)29)15-10-14(24(39)36(12-15)13-26(30,31)32)11-20(38)35-8-5-16(6-9-35)37-19-2-1-7-33-23(19)34-25(37)40/h1-4,7,10,12,16H,5-6,8-9,11,13H2,(H,33,34,40). The molecule has 1 aromatic carbocycles. The molecule has 1 N–H and O–H groups in total. The maximum Gasteiger partial charge on any atom is 0.406 e. The molecule has 0 unspecified atom stereocenters. The van der Waals surface area contributed by atoms with Gasteiger partial charge in [0, 0.05) is 48.2 Å². The third-order valence-corrected chi connectivity index (χ3v) is 6.87. The van der Waals surface area contributed by atoms with Crippen LogP contribution < -0.4 is 11.2 Å². The molecule has 1 fully saturated rings. The number of aromatic amines is 1. The number of halogens is 6. The second kappa shape index (κ2) is 10.3. The predicted octanol–water partition coefficient (Wildman–Crippen LogP) is 3.94. The molecule has 210 valence electrons. The Kier molecular flexibility index (Phi) is 7.02. The van der Waals surface area contributed by atoms with Crippen LogP contribution in [0, 0.1) is 17.5 Å². The minimum absolute atomic E-state index is 0.205. The van der Waals surface area contributed by atoms with Crippen LogP contribution in [-0.2, 0) is 17.8 Å². The number of piperidine rings is 1. The largest absolute Gasteiger partial charge is 0.406 e. The molecule has 8 nitrogen and oxygen atoms in total. The number of nitrogens with zero attached hydrogens (tertiary/aromatic N) is 4. The zero-order valence-electron chi connectivity index (χ0n) is 20.6. The number of fused-ring (bicyclic) bond motifs is 1. The lowest BCUT2D eigenvalue weighted by Crippen LogP contribution is -2.42. The summed E-state index contributed by atoms with van der Waals surface area (Å²) in [5, 5.41) is 0. The average Bonchev–Trinajstić information content (AvgIpc) is 3.24. The minimum Gasteiger partial charge on any atom is -0.342 e. The number of nitrogens with one attached hydrogen (secondary N) is 1. The number of likely N-dealkylation sites (tertiary alicyclic amines) is 1. The van der Waals surface area contributed by atoms with Gasteiger partial charge in [-0.15, -0.1) is 0 Å². The number of carbonyl (C=O) groups excluding carboxylic acids is 1. The number of benzene rings is 1. The van der Waals surface area contributed by atoms with E-state index in [0.29, 0.717) is 36.3 Å². The van der Waals surface area contributed by atoms with Crippen LogP contribution in [0.25, 0.3) is 22.3 Å². The van der Waals surface area contributed by atoms with E-state index < -0.39 is 53.6 Å². The first kappa shape index (κ1) is 27.2. The van der Waals surface area contributed by atoms with E-state index >= 15 is 0 Å². The smallest absolute Gasteiger partial charge is 0.342 e. The average molecular weight is 565 g/mol. The van der Waals surface area contributed by atoms with Crippen LogP contribution in [0.2, 0.25) is 0 Å². The van der Waals surface area contributed by atoms with E-state index in [2.05, 4.69) is 9.97 Å². The quantitative estimate of drug-likeness (QED) is 0.293. The van der Waals surface area contributed by atoms with Crippen molar-refractivity contribution in [3.05, 3.63) is 86.6 Å². The van der Waals surface area contributed by atoms with E-state index in [4.69, 9.17) is 0 Å². The fourth-order valence-corrected chi connectivity index (χ4v) is 5.00. The topological polar surface area (TPSA) is 93.0 Å². The van der Waals surface area contributed by atoms with Crippen molar-refractivity contribution in [3.63, 3.8) is 0 Å². The van der Waals surface area contributed by atoms with E-state index in [1.807, 2.05) is 0 Å². The predicted molar refractivity (Wildman–Crippen MR) is 131 cm³/mol. The summed E-state index contributed by atoms with van der Waals surface area (Å²) in [6, 6.07) is 5.65. The monoisotopic (exact) mass is 565 g/mol. The maximum atomic E-state index is 14.5. The second-order valence-corrected chi connectivity index (χ2v) is 9.49. The molecule has 0 atom stereocenters. The molecule has 1 aliphatic rings. The molecule has 0 bridgehead atoms. The first-order valence-corrected chi connectivity index (χ1v) is 12.2. The fourth-order valence-electron chi connectivity index (χ4n) is 5.00. The molecule has 0 radical (unpaired) electrons. The van der Waals surface area contributed by atoms with Gasteiger partial charge in [0.25, 0.3) is 5.56 Å². The number of amides is 1. The van der Waals surface area contributed by atoms with Gasteiger partial charge in [0.15, 0.2) is 23.1 Å². The number of rotatable bonds is 5. The Morgan fingerprint density at radius 1 is 1.05 bits per heavy atom. The van der Waals surface area contributed by atoms with Gasteiger partial charge in [-0.1, -0.05) is 0 Å². The Morgan fingerprint density at radius 3 is 2.48 bits per heavy atom. The third-order valence-electron chi connectivity index (χ3n) is 6.87. The Morgan fingerprint density at radius 2 is 1.77 bits per heavy atom. The van der Waals surface area contributed by atoms with E-state index in [1.54, 1.807) is 22.9 Å². The lowest BCUT2D eigenvalue weighted by Gasteiger charge is -2.32. The van der Waals surface area contributed by atoms with Gasteiger partial charge in [-0.2, -0.15) is 13.2 Å². The zero-order chi connectivity index (χ0) is 28.8. The van der Waals surface area contributed by atoms with Gasteiger partial charge in [0.2, 0.25) is 5.91 Å². The van der Waals surface area contributed by atoms with Crippen molar-refractivity contribution in [3.8, 4) is 11.1 Å². The number of H-pyrrole nitrogens is 1. The molecule has 0 saturated carbocycles. The van der Waals surface area contributed by atoms with Crippen molar-refractivity contribution in [1.82, 2.24) is 24.0 Å². The van der Waals surface area contributed by atoms with Crippen molar-refractivity contribution in [2.24, 2.45) is 0 Å². The minimum atomic E-state index is -4.83. The highest BCUT2D eigenvalue weighted by Crippen LogP contribution is 2.28. The Hall–Kier alpha value is -4.36. The molecule has 1 saturated heterocycles. The highest BCUT2D eigenvalue weighted by atomic mass is 19.4. The van der Waals surface area contributed by atoms with Crippen LogP contribution in [0.1, 0.15) is 24.4 Å². The van der Waals surface area contributed by atoms with Crippen molar-refractivity contribution < 1.29 is 31.1 Å². The molecule has 3 aromatic heterocycles. The summed E-state index contributed by atoms with van der Waals surface area (Å²) in [6.45, 7) is -1.32. The highest BCUT2D eigenvalue weighted by Gasteiger charge is 2.31. The lowest BCUT2D eigenvalue weighted by atomic mass is 10.0. The van der Waals surface area contributed by atoms with Crippen molar-refractivity contribution >= 4 is 17.1 Å². The first-order chi connectivity index (χ1) is 18.9. The summed E-state index contributed by atoms with van der Waals surface area (Å²) in [5.74, 6) is -5.52. The highest BCUT2D eigenvalue weighted by molar-refractivity contribution is 5.79. The number of pyridine rings is 2. The molecule has 40 heavy (non-hydrogen) atoms. The van der Waals surface area contributed by atoms with Gasteiger partial charge < -0.3 is 9.47 Å². The SMILES string of the molecule is O=C(Cc1cc(-c2ccc(F)c(F)c2F)cn(CC(F)(F)F)c1=O)N1CCC(n2c(=O)[nH]c3ncccc32)CC1. The van der Waals surface area contributed by atoms with Crippen molar-refractivity contribution in [1.29, 1.82) is 0 Å². The molecule has 0 aliphatic carbocycles. The molecule has 0 spiro atoms. The Bertz CT molecular complexity index is 1720. The number of carbonyl (C=O) groups is 1. The number of aromatic nitrogens is 4. The van der Waals surface area contributed by atoms with Crippen LogP contribution in [0.15, 0.2) is 52.3 Å². The summed E-state index contributed by atoms with van der Waals surface area (Å²) in [6.07, 6.45) is -2.40. The van der Waals surface area contributed by atoms with Gasteiger partial charge in [-0.05, 0) is 43.2 Å². The van der Waals surface area contributed by atoms with Gasteiger partial charge >= 0.3 is 11.9 Å². The number of hydrogen-bond acceptors (Lipinski definition) is 4. The third kappa shape index (κ3) is 5.25. The summed E-state index contributed by atoms with van der Waals surface area (Å²) in [5.41, 5.74) is -1.67. The molecular formula is C26H21F6N5O3. The lowest BCUT2D eigenvalue weighted by molar-refractivity contribution is -0.141. The number of alkyl halides is 3. The van der Waals surface area contributed by atoms with E-state index in [0.717, 1.165) is 12.1 Å². The molecule has 4 heterocycles. The number of imidazole rings is 1. The van der Waals surface area contributed by atoms with E-state index in [1.165, 1.54) is 4.90 Å². The van der Waals surface area contributed by atoms with Crippen LogP contribution in [0.3, 0.4) is 0 Å². The van der Waals surface area contributed by atoms with Gasteiger partial charge in [-0.3, -0.25) is 19.1 Å². The van der Waals surface area contributed by atoms with E-state index in [-0.39, 0.29) is 40.5 Å². The molecule has 1 amide bonds. The summed E-state index contributed by atoms with van der Waals surface area (Å²) < 4.78 is 83.1. The summed E-state index contributed by atoms with van der Waals surface area (Å²) >= 11 is 0. The molecule has 5 rings (SSSR count). The van der Waals surface area contributed by atoms with Crippen LogP contribution in [0.4, 0.5) is 26.3 Å². The normalized spacial score (nSPS) is 14.7. The second-order valence-electron chi connectivity index (χ2n) is 9.49. The summed E-state index contributed by atoms with van der Waals surface area (Å²) in [4.78, 5) is 46.6. The van der Waals surface area contributed by atoms with Crippen molar-refractivity contribution in [2.45, 2.75) is 38.0 Å². The summed E-state index contributed by atoms with van der Waals surface area (Å²) in [7, 11) is 0. The first-order valence-electron chi connectivity index (χ1n) is 12.2. The molecule has 1 aliphatic heterocycles. The van der Waals surface area contributed by atoms with Crippen LogP contribution >= 0.6 is 0 Å². The molecule has 4 aromatic rings. The van der Waals surface area contributed by atoms with E-state index in [9.17, 15) is 40.7 Å². The van der Waals surface area contributed by atoms with Gasteiger partial charge in [0.1, 0.15) is 6.54 Å². The Balaban J connectivity index is 1.40. The van der Waals surface area contributed by atoms with Crippen LogP contribution in [-0.4, -0.2) is 49.2 Å². The van der Waals surface area contributed by atoms with Crippen LogP contribution in [0.5, 0.6) is 0 Å². The molecule has 14 heteroatoms. The zero-order valence-corrected chi connectivity index (χ0v) is 20.6.